The van der Waals surface area contributed by atoms with Crippen molar-refractivity contribution in [2.45, 2.75) is 0 Å². The van der Waals surface area contributed by atoms with Crippen molar-refractivity contribution in [1.82, 2.24) is 0 Å². The Morgan fingerprint density at radius 2 is 1.43 bits per heavy atom. The summed E-state index contributed by atoms with van der Waals surface area (Å²) in [5.74, 6) is -0.0101. The summed E-state index contributed by atoms with van der Waals surface area (Å²) in [6.07, 6.45) is 0.266. The van der Waals surface area contributed by atoms with Crippen molar-refractivity contribution in [3.63, 3.8) is 0 Å². The summed E-state index contributed by atoms with van der Waals surface area (Å²) in [4.78, 5) is 22.3. The van der Waals surface area contributed by atoms with E-state index in [4.69, 9.17) is 4.42 Å². The van der Waals surface area contributed by atoms with Crippen LogP contribution in [-0.2, 0) is 4.79 Å². The normalized spacial score (nSPS) is 10.3. The summed E-state index contributed by atoms with van der Waals surface area (Å²) in [7, 11) is 0. The topological polar surface area (TPSA) is 47.3 Å². The summed E-state index contributed by atoms with van der Waals surface area (Å²) in [6, 6.07) is 20.8. The maximum Gasteiger partial charge on any atom is 0.260 e. The number of hydrogen-bond acceptors (Lipinski definition) is 3. The van der Waals surface area contributed by atoms with Crippen molar-refractivity contribution in [3.8, 4) is 22.5 Å². The van der Waals surface area contributed by atoms with Crippen LogP contribution in [0.4, 0.5) is 0 Å². The van der Waals surface area contributed by atoms with Gasteiger partial charge in [0.25, 0.3) is 5.78 Å². The van der Waals surface area contributed by atoms with Crippen LogP contribution in [0.3, 0.4) is 0 Å². The minimum absolute atomic E-state index is 0.0581. The van der Waals surface area contributed by atoms with Gasteiger partial charge in [0.2, 0.25) is 0 Å². The molecule has 0 bridgehead atoms. The standard InChI is InChI=1S/C18H12O3/c19-12-16(20)17-11-15(13-7-3-1-4-8-13)18(21-17)14-9-5-2-6-10-14/h1-12H. The summed E-state index contributed by atoms with van der Waals surface area (Å²) >= 11 is 0. The van der Waals surface area contributed by atoms with Crippen molar-refractivity contribution in [2.75, 3.05) is 0 Å². The molecule has 3 aromatic rings. The molecule has 0 atom stereocenters. The Balaban J connectivity index is 2.20. The maximum atomic E-state index is 11.6. The Labute approximate surface area is 121 Å². The third kappa shape index (κ3) is 2.54. The highest BCUT2D eigenvalue weighted by Crippen LogP contribution is 2.35. The van der Waals surface area contributed by atoms with Gasteiger partial charge in [0.15, 0.2) is 12.0 Å². The average Bonchev–Trinajstić information content (AvgIpc) is 3.01. The minimum atomic E-state index is -0.658. The van der Waals surface area contributed by atoms with Crippen molar-refractivity contribution in [1.29, 1.82) is 0 Å². The van der Waals surface area contributed by atoms with Gasteiger partial charge in [-0.15, -0.1) is 0 Å². The predicted octanol–water partition coefficient (Wildman–Crippen LogP) is 4.00. The van der Waals surface area contributed by atoms with Crippen molar-refractivity contribution < 1.29 is 14.0 Å². The lowest BCUT2D eigenvalue weighted by atomic mass is 10.0. The highest BCUT2D eigenvalue weighted by Gasteiger charge is 2.18. The van der Waals surface area contributed by atoms with Gasteiger partial charge in [-0.25, -0.2) is 0 Å². The van der Waals surface area contributed by atoms with Crippen molar-refractivity contribution >= 4 is 12.1 Å². The van der Waals surface area contributed by atoms with Crippen LogP contribution in [0.1, 0.15) is 10.6 Å². The van der Waals surface area contributed by atoms with E-state index in [1.165, 1.54) is 0 Å². The number of hydrogen-bond donors (Lipinski definition) is 0. The lowest BCUT2D eigenvalue weighted by molar-refractivity contribution is -0.104. The first kappa shape index (κ1) is 13.1. The molecular weight excluding hydrogens is 264 g/mol. The minimum Gasteiger partial charge on any atom is -0.452 e. The Hall–Kier alpha value is -2.94. The van der Waals surface area contributed by atoms with Crippen LogP contribution >= 0.6 is 0 Å². The number of carbonyl (C=O) groups is 2. The lowest BCUT2D eigenvalue weighted by Gasteiger charge is -2.02. The van der Waals surface area contributed by atoms with Crippen LogP contribution < -0.4 is 0 Å². The largest absolute Gasteiger partial charge is 0.452 e. The number of aldehydes is 1. The molecule has 3 nitrogen and oxygen atoms in total. The molecular formula is C18H12O3. The number of ketones is 1. The number of benzene rings is 2. The molecule has 0 spiro atoms. The molecule has 0 radical (unpaired) electrons. The van der Waals surface area contributed by atoms with Gasteiger partial charge in [-0.2, -0.15) is 0 Å². The Morgan fingerprint density at radius 1 is 0.857 bits per heavy atom. The van der Waals surface area contributed by atoms with Gasteiger partial charge in [-0.1, -0.05) is 60.7 Å². The maximum absolute atomic E-state index is 11.6. The molecule has 0 saturated carbocycles. The predicted molar refractivity (Wildman–Crippen MR) is 80.0 cm³/mol. The van der Waals surface area contributed by atoms with Gasteiger partial charge in [0.05, 0.1) is 0 Å². The molecule has 3 rings (SSSR count). The number of furan rings is 1. The van der Waals surface area contributed by atoms with Gasteiger partial charge in [-0.05, 0) is 11.6 Å². The van der Waals surface area contributed by atoms with Crippen LogP contribution in [0.15, 0.2) is 71.1 Å². The number of Topliss-reactive ketones (excluding diaryl/α,β-unsaturated/α-hetero) is 1. The van der Waals surface area contributed by atoms with Gasteiger partial charge in [-0.3, -0.25) is 9.59 Å². The van der Waals surface area contributed by atoms with Crippen molar-refractivity contribution in [3.05, 3.63) is 72.5 Å². The van der Waals surface area contributed by atoms with E-state index in [2.05, 4.69) is 0 Å². The zero-order valence-corrected chi connectivity index (χ0v) is 11.2. The van der Waals surface area contributed by atoms with Crippen LogP contribution in [0.5, 0.6) is 0 Å². The zero-order chi connectivity index (χ0) is 14.7. The highest BCUT2D eigenvalue weighted by molar-refractivity contribution is 6.32. The molecule has 2 aromatic carbocycles. The molecule has 102 valence electrons. The first-order valence-corrected chi connectivity index (χ1v) is 6.54. The van der Waals surface area contributed by atoms with E-state index in [1.807, 2.05) is 60.7 Å². The fourth-order valence-electron chi connectivity index (χ4n) is 2.21. The van der Waals surface area contributed by atoms with Gasteiger partial charge in [0, 0.05) is 11.1 Å². The highest BCUT2D eigenvalue weighted by atomic mass is 16.3. The fourth-order valence-corrected chi connectivity index (χ4v) is 2.21. The quantitative estimate of drug-likeness (QED) is 0.411. The second-order valence-corrected chi connectivity index (χ2v) is 4.57. The summed E-state index contributed by atoms with van der Waals surface area (Å²) in [5, 5.41) is 0. The van der Waals surface area contributed by atoms with Crippen LogP contribution in [0.25, 0.3) is 22.5 Å². The van der Waals surface area contributed by atoms with Crippen LogP contribution in [0, 0.1) is 0 Å². The molecule has 0 aliphatic rings. The Kier molecular flexibility index (Phi) is 3.48. The van der Waals surface area contributed by atoms with E-state index in [1.54, 1.807) is 6.07 Å². The summed E-state index contributed by atoms with van der Waals surface area (Å²) < 4.78 is 5.63. The van der Waals surface area contributed by atoms with Crippen molar-refractivity contribution in [2.24, 2.45) is 0 Å². The van der Waals surface area contributed by atoms with Gasteiger partial charge in [0.1, 0.15) is 5.76 Å². The molecule has 0 aliphatic heterocycles. The summed E-state index contributed by atoms with van der Waals surface area (Å²) in [6.45, 7) is 0. The van der Waals surface area contributed by atoms with Gasteiger partial charge < -0.3 is 4.42 Å². The Morgan fingerprint density at radius 3 is 2.00 bits per heavy atom. The monoisotopic (exact) mass is 276 g/mol. The first-order chi connectivity index (χ1) is 10.3. The molecule has 0 N–H and O–H groups in total. The molecule has 1 aromatic heterocycles. The van der Waals surface area contributed by atoms with E-state index in [-0.39, 0.29) is 12.0 Å². The van der Waals surface area contributed by atoms with E-state index in [0.29, 0.717) is 5.76 Å². The Bertz CT molecular complexity index is 714. The molecule has 21 heavy (non-hydrogen) atoms. The lowest BCUT2D eigenvalue weighted by Crippen LogP contribution is -1.96. The smallest absolute Gasteiger partial charge is 0.260 e. The zero-order valence-electron chi connectivity index (χ0n) is 11.2. The molecule has 1 heterocycles. The van der Waals surface area contributed by atoms with E-state index >= 15 is 0 Å². The molecule has 0 fully saturated rings. The van der Waals surface area contributed by atoms with Crippen LogP contribution in [-0.4, -0.2) is 12.1 Å². The van der Waals surface area contributed by atoms with E-state index in [9.17, 15) is 9.59 Å². The average molecular weight is 276 g/mol. The van der Waals surface area contributed by atoms with E-state index < -0.39 is 5.78 Å². The van der Waals surface area contributed by atoms with E-state index in [0.717, 1.165) is 16.7 Å². The molecule has 0 unspecified atom stereocenters. The molecule has 0 amide bonds. The third-order valence-electron chi connectivity index (χ3n) is 3.20. The first-order valence-electron chi connectivity index (χ1n) is 6.54. The third-order valence-corrected chi connectivity index (χ3v) is 3.20. The van der Waals surface area contributed by atoms with Gasteiger partial charge >= 0.3 is 0 Å². The molecule has 0 saturated heterocycles. The molecule has 0 aliphatic carbocycles. The SMILES string of the molecule is O=CC(=O)c1cc(-c2ccccc2)c(-c2ccccc2)o1. The molecule has 3 heteroatoms. The second kappa shape index (κ2) is 5.59. The second-order valence-electron chi connectivity index (χ2n) is 4.57. The van der Waals surface area contributed by atoms with Crippen LogP contribution in [0.2, 0.25) is 0 Å². The number of rotatable bonds is 4. The number of carbonyl (C=O) groups excluding carboxylic acids is 2. The summed E-state index contributed by atoms with van der Waals surface area (Å²) in [5.41, 5.74) is 2.60. The fraction of sp³-hybridized carbons (Fsp3) is 0.